The van der Waals surface area contributed by atoms with Crippen molar-refractivity contribution in [2.45, 2.75) is 215 Å². The van der Waals surface area contributed by atoms with Crippen molar-refractivity contribution < 1.29 is 29.0 Å². The van der Waals surface area contributed by atoms with Crippen LogP contribution in [0.15, 0.2) is 206 Å². The summed E-state index contributed by atoms with van der Waals surface area (Å²) in [6.07, 6.45) is 2.79. The molecule has 1 aliphatic heterocycles. The van der Waals surface area contributed by atoms with Crippen LogP contribution in [0, 0.1) is 0 Å². The van der Waals surface area contributed by atoms with Crippen molar-refractivity contribution in [2.24, 2.45) is 0 Å². The predicted octanol–water partition coefficient (Wildman–Crippen LogP) is 24.3. The number of hydrogen-bond donors (Lipinski definition) is 2. The summed E-state index contributed by atoms with van der Waals surface area (Å²) in [5, 5.41) is 31.9. The van der Waals surface area contributed by atoms with Crippen molar-refractivity contribution in [3.8, 4) is 23.0 Å². The highest BCUT2D eigenvalue weighted by Crippen LogP contribution is 2.45. The Labute approximate surface area is 589 Å². The minimum Gasteiger partial charge on any atom is -0.508 e. The number of methoxy groups -OCH3 is 2. The van der Waals surface area contributed by atoms with E-state index < -0.39 is 0 Å². The van der Waals surface area contributed by atoms with Crippen LogP contribution in [-0.2, 0) is 41.8 Å². The Morgan fingerprint density at radius 3 is 1.17 bits per heavy atom. The van der Waals surface area contributed by atoms with Crippen LogP contribution in [0.3, 0.4) is 0 Å². The Morgan fingerprint density at radius 1 is 0.357 bits per heavy atom. The summed E-state index contributed by atoms with van der Waals surface area (Å²) < 4.78 is 23.3. The quantitative estimate of drug-likeness (QED) is 0.171. The summed E-state index contributed by atoms with van der Waals surface area (Å²) in [5.74, 6) is 3.52. The maximum Gasteiger partial charge on any atom is 0.494 e. The molecule has 0 unspecified atom stereocenters. The lowest BCUT2D eigenvalue weighted by Gasteiger charge is -2.32. The Hall–Kier alpha value is -8.10. The number of ether oxygens (including phenoxy) is 2. The lowest BCUT2D eigenvalue weighted by molar-refractivity contribution is 0.00578. The van der Waals surface area contributed by atoms with Crippen LogP contribution >= 0.6 is 0 Å². The molecule has 0 amide bonds. The second-order valence-corrected chi connectivity index (χ2v) is 33.9. The molecule has 2 aliphatic rings. The van der Waals surface area contributed by atoms with Crippen LogP contribution in [0.4, 0.5) is 0 Å². The fourth-order valence-electron chi connectivity index (χ4n) is 13.2. The van der Waals surface area contributed by atoms with Gasteiger partial charge in [0, 0.05) is 11.1 Å². The van der Waals surface area contributed by atoms with Crippen LogP contribution in [0.2, 0.25) is 0 Å². The van der Waals surface area contributed by atoms with Gasteiger partial charge in [0.15, 0.2) is 0 Å². The van der Waals surface area contributed by atoms with Crippen molar-refractivity contribution in [1.29, 1.82) is 0 Å². The zero-order valence-corrected chi connectivity index (χ0v) is 63.7. The van der Waals surface area contributed by atoms with Gasteiger partial charge in [-0.15, -0.1) is 0 Å². The van der Waals surface area contributed by atoms with E-state index in [1.807, 2.05) is 48.5 Å². The van der Waals surface area contributed by atoms with Gasteiger partial charge >= 0.3 is 7.12 Å². The molecule has 98 heavy (non-hydrogen) atoms. The number of hydrogen-bond acceptors (Lipinski definition) is 6. The number of benzene rings is 11. The number of aromatic hydroxyl groups is 2. The molecular formula is C91H113BO6. The molecular weight excluding hydrogens is 1200 g/mol. The summed E-state index contributed by atoms with van der Waals surface area (Å²) in [4.78, 5) is 0. The van der Waals surface area contributed by atoms with Crippen LogP contribution in [0.25, 0.3) is 53.9 Å². The van der Waals surface area contributed by atoms with Gasteiger partial charge in [0.25, 0.3) is 0 Å². The average molecular weight is 1310 g/mol. The van der Waals surface area contributed by atoms with Crippen LogP contribution in [0.1, 0.15) is 210 Å². The van der Waals surface area contributed by atoms with Gasteiger partial charge in [0.2, 0.25) is 0 Å². The third kappa shape index (κ3) is 18.4. The molecule has 1 saturated carbocycles. The maximum atomic E-state index is 9.94. The van der Waals surface area contributed by atoms with Crippen molar-refractivity contribution in [1.82, 2.24) is 0 Å². The Morgan fingerprint density at radius 2 is 0.735 bits per heavy atom. The lowest BCUT2D eigenvalue weighted by atomic mass is 9.73. The molecule has 0 aromatic heterocycles. The van der Waals surface area contributed by atoms with E-state index in [9.17, 15) is 10.2 Å². The van der Waals surface area contributed by atoms with Gasteiger partial charge in [-0.25, -0.2) is 0 Å². The molecule has 0 atom stereocenters. The van der Waals surface area contributed by atoms with Crippen LogP contribution in [0.5, 0.6) is 23.0 Å². The Bertz CT molecular complexity index is 4510. The molecule has 0 spiro atoms. The number of phenolic OH excluding ortho intramolecular Hbond substituents is 2. The maximum absolute atomic E-state index is 9.94. The summed E-state index contributed by atoms with van der Waals surface area (Å²) in [7, 11) is 3.14. The molecule has 516 valence electrons. The molecule has 11 aromatic rings. The Balaban J connectivity index is 0.000000151. The van der Waals surface area contributed by atoms with Gasteiger partial charge in [-0.05, 0) is 202 Å². The van der Waals surface area contributed by atoms with E-state index >= 15 is 0 Å². The fourth-order valence-corrected chi connectivity index (χ4v) is 13.2. The summed E-state index contributed by atoms with van der Waals surface area (Å²) >= 11 is 0. The molecule has 1 heterocycles. The normalized spacial score (nSPS) is 14.6. The molecule has 11 aromatic carbocycles. The fraction of sp³-hybridized carbons (Fsp3) is 0.385. The molecule has 2 fully saturated rings. The summed E-state index contributed by atoms with van der Waals surface area (Å²) in [5.41, 5.74) is 10.4. The van der Waals surface area contributed by atoms with E-state index in [1.165, 1.54) is 83.7 Å². The largest absolute Gasteiger partial charge is 0.508 e. The standard InChI is InChI=1S/C20H27BO2.2C15H18O.2C14H16O.C13H18/c1-18(2,3)17-13-15(12-14-10-8-9-11-16(14)17)21-22-19(4,5)20(6,7)23-21;1-15(2,3)14-10-12(16-4)9-11-7-5-6-8-13(11)14;1-15(2,3)14-12-8-6-5-7-11(12)9-10-13(14)16-4;1-14(2,3)13-9-11(15)8-10-6-4-5-7-12(10)13;1-14(2,3)13-11-7-5-4-6-10(11)8-9-12(13)15;1-13(2,3)12-7-5-4-6-11(12)10-8-9-10/h8-13H,1-7H3;2*5-10H,1-4H3;2*4-9,15H,1-3H3;4-7,10H,8-9H2,1-3H3. The first-order valence-electron chi connectivity index (χ1n) is 35.2. The van der Waals surface area contributed by atoms with E-state index in [0.29, 0.717) is 16.9 Å². The molecule has 7 heteroatoms. The van der Waals surface area contributed by atoms with Gasteiger partial charge in [-0.1, -0.05) is 294 Å². The van der Waals surface area contributed by atoms with E-state index in [0.717, 1.165) is 39.2 Å². The average Bonchev–Trinajstić information content (AvgIpc) is 1.55. The number of phenols is 2. The van der Waals surface area contributed by atoms with E-state index in [2.05, 4.69) is 304 Å². The third-order valence-electron chi connectivity index (χ3n) is 19.1. The van der Waals surface area contributed by atoms with E-state index in [4.69, 9.17) is 18.8 Å². The highest BCUT2D eigenvalue weighted by molar-refractivity contribution is 6.62. The second kappa shape index (κ2) is 29.8. The van der Waals surface area contributed by atoms with Gasteiger partial charge in [-0.2, -0.15) is 0 Å². The molecule has 2 N–H and O–H groups in total. The highest BCUT2D eigenvalue weighted by Gasteiger charge is 2.52. The van der Waals surface area contributed by atoms with Gasteiger partial charge in [-0.3, -0.25) is 0 Å². The molecule has 13 rings (SSSR count). The zero-order chi connectivity index (χ0) is 72.1. The molecule has 1 saturated heterocycles. The molecule has 0 bridgehead atoms. The molecule has 1 aliphatic carbocycles. The number of fused-ring (bicyclic) bond motifs is 5. The van der Waals surface area contributed by atoms with Crippen LogP contribution < -0.4 is 14.9 Å². The zero-order valence-electron chi connectivity index (χ0n) is 63.7. The molecule has 6 nitrogen and oxygen atoms in total. The predicted molar refractivity (Wildman–Crippen MR) is 423 cm³/mol. The van der Waals surface area contributed by atoms with Gasteiger partial charge < -0.3 is 29.0 Å². The smallest absolute Gasteiger partial charge is 0.494 e. The first-order valence-corrected chi connectivity index (χ1v) is 35.2. The first-order chi connectivity index (χ1) is 45.6. The lowest BCUT2D eigenvalue weighted by Crippen LogP contribution is -2.41. The Kier molecular flexibility index (Phi) is 23.0. The van der Waals surface area contributed by atoms with Crippen molar-refractivity contribution in [3.63, 3.8) is 0 Å². The van der Waals surface area contributed by atoms with E-state index in [-0.39, 0.29) is 45.4 Å². The SMILES string of the molecule is CC(C)(C)c1c(O)ccc2ccccc12.CC(C)(C)c1cc(B2OC(C)(C)C(C)(C)O2)cc2ccccc12.CC(C)(C)c1cc(O)cc2ccccc12.CC(C)(C)c1ccccc1C1CC1.COc1cc(C(C)(C)C)c2ccccc2c1.COc1ccc2ccccc2c1C(C)(C)C. The van der Waals surface area contributed by atoms with Crippen molar-refractivity contribution >= 4 is 66.4 Å². The third-order valence-corrected chi connectivity index (χ3v) is 19.1. The number of rotatable bonds is 4. The van der Waals surface area contributed by atoms with Crippen molar-refractivity contribution in [2.75, 3.05) is 14.2 Å². The minimum atomic E-state index is -0.314. The first kappa shape index (κ1) is 75.7. The highest BCUT2D eigenvalue weighted by atomic mass is 16.7. The van der Waals surface area contributed by atoms with E-state index in [1.54, 1.807) is 25.8 Å². The summed E-state index contributed by atoms with van der Waals surface area (Å²) in [6, 6.07) is 71.0. The second-order valence-electron chi connectivity index (χ2n) is 33.9. The van der Waals surface area contributed by atoms with Gasteiger partial charge in [0.1, 0.15) is 23.0 Å². The summed E-state index contributed by atoms with van der Waals surface area (Å²) in [6.45, 7) is 48.2. The monoisotopic (exact) mass is 1310 g/mol. The van der Waals surface area contributed by atoms with Crippen LogP contribution in [-0.4, -0.2) is 42.8 Å². The van der Waals surface area contributed by atoms with Gasteiger partial charge in [0.05, 0.1) is 25.4 Å². The molecule has 0 radical (unpaired) electrons. The minimum absolute atomic E-state index is 0.0368. The van der Waals surface area contributed by atoms with Crippen molar-refractivity contribution in [3.05, 3.63) is 245 Å². The topological polar surface area (TPSA) is 77.4 Å².